The van der Waals surface area contributed by atoms with Gasteiger partial charge in [-0.1, -0.05) is 12.6 Å². The van der Waals surface area contributed by atoms with Gasteiger partial charge in [-0.3, -0.25) is 0 Å². The molecule has 0 N–H and O–H groups in total. The summed E-state index contributed by atoms with van der Waals surface area (Å²) < 4.78 is 4.46. The largest absolute Gasteiger partial charge is 0.365 e. The maximum absolute atomic E-state index is 4.46. The molecule has 0 aliphatic carbocycles. The second kappa shape index (κ2) is 2.39. The maximum atomic E-state index is 4.46. The fraction of sp³-hybridized carbons (Fsp3) is 0.400. The van der Waals surface area contributed by atoms with Gasteiger partial charge in [-0.2, -0.15) is 0 Å². The molecule has 2 heteroatoms. The zero-order valence-electron chi connectivity index (χ0n) is 3.51. The Morgan fingerprint density at radius 3 is 2.57 bits per heavy atom. The highest BCUT2D eigenvalue weighted by Crippen LogP contribution is 1.88. The minimum atomic E-state index is 0. The van der Waals surface area contributed by atoms with Crippen LogP contribution in [-0.2, 0) is 0 Å². The molecule has 0 saturated carbocycles. The van der Waals surface area contributed by atoms with E-state index in [1.807, 2.05) is 6.92 Å². The first kappa shape index (κ1) is 6.21. The summed E-state index contributed by atoms with van der Waals surface area (Å²) in [5, 5.41) is 3.45. The zero-order chi connectivity index (χ0) is 4.41. The minimum Gasteiger partial charge on any atom is -0.365 e. The van der Waals surface area contributed by atoms with E-state index in [1.165, 1.54) is 0 Å². The third kappa shape index (κ3) is 1.39. The Bertz CT molecular complexity index is 112. The standard InChI is InChI=1S/C4H5NO.CH4/c1-4-2-5-6-3-4;/h2-3H,1H3;1H4. The van der Waals surface area contributed by atoms with Crippen molar-refractivity contribution < 1.29 is 4.52 Å². The van der Waals surface area contributed by atoms with Crippen LogP contribution in [0.2, 0.25) is 0 Å². The molecule has 1 aromatic heterocycles. The van der Waals surface area contributed by atoms with Crippen LogP contribution in [0.25, 0.3) is 0 Å². The zero-order valence-corrected chi connectivity index (χ0v) is 3.51. The van der Waals surface area contributed by atoms with Crippen molar-refractivity contribution in [2.24, 2.45) is 0 Å². The topological polar surface area (TPSA) is 26.0 Å². The molecule has 1 rings (SSSR count). The van der Waals surface area contributed by atoms with Crippen molar-refractivity contribution in [1.29, 1.82) is 0 Å². The van der Waals surface area contributed by atoms with Crippen LogP contribution in [0.5, 0.6) is 0 Å². The lowest BCUT2D eigenvalue weighted by Crippen LogP contribution is -1.50. The molecule has 0 unspecified atom stereocenters. The summed E-state index contributed by atoms with van der Waals surface area (Å²) >= 11 is 0. The molecule has 7 heavy (non-hydrogen) atoms. The van der Waals surface area contributed by atoms with E-state index in [2.05, 4.69) is 9.68 Å². The number of rotatable bonds is 0. The predicted octanol–water partition coefficient (Wildman–Crippen LogP) is 1.62. The summed E-state index contributed by atoms with van der Waals surface area (Å²) in [4.78, 5) is 0. The minimum absolute atomic E-state index is 0. The van der Waals surface area contributed by atoms with E-state index in [-0.39, 0.29) is 7.43 Å². The van der Waals surface area contributed by atoms with E-state index < -0.39 is 0 Å². The van der Waals surface area contributed by atoms with E-state index in [1.54, 1.807) is 12.5 Å². The molecular weight excluding hydrogens is 90.1 g/mol. The maximum Gasteiger partial charge on any atom is 0.126 e. The Hall–Kier alpha value is -0.790. The highest BCUT2D eigenvalue weighted by molar-refractivity contribution is 4.94. The molecule has 0 amide bonds. The summed E-state index contributed by atoms with van der Waals surface area (Å²) in [6.07, 6.45) is 3.26. The van der Waals surface area contributed by atoms with Crippen molar-refractivity contribution in [2.45, 2.75) is 14.4 Å². The SMILES string of the molecule is C.Cc1cnoc1. The van der Waals surface area contributed by atoms with Gasteiger partial charge < -0.3 is 4.52 Å². The molecule has 0 aliphatic rings. The van der Waals surface area contributed by atoms with Gasteiger partial charge in [0.2, 0.25) is 0 Å². The van der Waals surface area contributed by atoms with E-state index in [0.717, 1.165) is 5.56 Å². The lowest BCUT2D eigenvalue weighted by Gasteiger charge is -1.60. The highest BCUT2D eigenvalue weighted by atomic mass is 16.5. The molecule has 1 heterocycles. The third-order valence-electron chi connectivity index (χ3n) is 0.556. The first-order chi connectivity index (χ1) is 2.89. The monoisotopic (exact) mass is 99.1 g/mol. The molecular formula is C5H9NO. The third-order valence-corrected chi connectivity index (χ3v) is 0.556. The van der Waals surface area contributed by atoms with Gasteiger partial charge >= 0.3 is 0 Å². The van der Waals surface area contributed by atoms with E-state index in [4.69, 9.17) is 0 Å². The Morgan fingerprint density at radius 2 is 2.43 bits per heavy atom. The van der Waals surface area contributed by atoms with Crippen LogP contribution >= 0.6 is 0 Å². The summed E-state index contributed by atoms with van der Waals surface area (Å²) in [5.41, 5.74) is 1.06. The number of aryl methyl sites for hydroxylation is 1. The van der Waals surface area contributed by atoms with Gasteiger partial charge in [0.15, 0.2) is 0 Å². The van der Waals surface area contributed by atoms with Crippen molar-refractivity contribution in [2.75, 3.05) is 0 Å². The molecule has 40 valence electrons. The summed E-state index contributed by atoms with van der Waals surface area (Å²) in [6.45, 7) is 1.93. The van der Waals surface area contributed by atoms with Crippen molar-refractivity contribution in [1.82, 2.24) is 5.16 Å². The smallest absolute Gasteiger partial charge is 0.126 e. The average molecular weight is 99.1 g/mol. The van der Waals surface area contributed by atoms with Crippen molar-refractivity contribution in [3.05, 3.63) is 18.0 Å². The second-order valence-electron chi connectivity index (χ2n) is 1.20. The molecule has 0 spiro atoms. The Morgan fingerprint density at radius 1 is 1.71 bits per heavy atom. The molecule has 1 aromatic rings. The van der Waals surface area contributed by atoms with Crippen molar-refractivity contribution in [3.63, 3.8) is 0 Å². The quantitative estimate of drug-likeness (QED) is 0.494. The first-order valence-electron chi connectivity index (χ1n) is 1.75. The lowest BCUT2D eigenvalue weighted by molar-refractivity contribution is 0.419. The van der Waals surface area contributed by atoms with Crippen LogP contribution in [0.1, 0.15) is 13.0 Å². The molecule has 0 fully saturated rings. The summed E-state index contributed by atoms with van der Waals surface area (Å²) in [5.74, 6) is 0. The highest BCUT2D eigenvalue weighted by Gasteiger charge is 1.77. The fourth-order valence-electron chi connectivity index (χ4n) is 0.258. The summed E-state index contributed by atoms with van der Waals surface area (Å²) in [7, 11) is 0. The second-order valence-corrected chi connectivity index (χ2v) is 1.20. The Balaban J connectivity index is 0.000000360. The van der Waals surface area contributed by atoms with E-state index >= 15 is 0 Å². The van der Waals surface area contributed by atoms with Crippen LogP contribution in [-0.4, -0.2) is 5.16 Å². The molecule has 0 saturated heterocycles. The van der Waals surface area contributed by atoms with Gasteiger partial charge in [0, 0.05) is 5.56 Å². The van der Waals surface area contributed by atoms with Gasteiger partial charge in [0.1, 0.15) is 6.26 Å². The van der Waals surface area contributed by atoms with Gasteiger partial charge in [0.05, 0.1) is 6.20 Å². The van der Waals surface area contributed by atoms with Gasteiger partial charge in [0.25, 0.3) is 0 Å². The number of hydrogen-bond donors (Lipinski definition) is 0. The van der Waals surface area contributed by atoms with Crippen LogP contribution in [0.15, 0.2) is 17.0 Å². The molecule has 0 bridgehead atoms. The fourth-order valence-corrected chi connectivity index (χ4v) is 0.258. The van der Waals surface area contributed by atoms with E-state index in [0.29, 0.717) is 0 Å². The average Bonchev–Trinajstić information content (AvgIpc) is 1.86. The van der Waals surface area contributed by atoms with Crippen LogP contribution < -0.4 is 0 Å². The lowest BCUT2D eigenvalue weighted by atomic mass is 10.4. The number of nitrogens with zero attached hydrogens (tertiary/aromatic N) is 1. The van der Waals surface area contributed by atoms with Crippen molar-refractivity contribution in [3.8, 4) is 0 Å². The number of hydrogen-bond acceptors (Lipinski definition) is 2. The van der Waals surface area contributed by atoms with E-state index in [9.17, 15) is 0 Å². The van der Waals surface area contributed by atoms with Crippen LogP contribution in [0.4, 0.5) is 0 Å². The molecule has 0 aliphatic heterocycles. The predicted molar refractivity (Wildman–Crippen MR) is 28.0 cm³/mol. The molecule has 0 aromatic carbocycles. The Kier molecular flexibility index (Phi) is 2.12. The van der Waals surface area contributed by atoms with Crippen LogP contribution in [0.3, 0.4) is 0 Å². The normalized spacial score (nSPS) is 7.57. The molecule has 0 radical (unpaired) electrons. The van der Waals surface area contributed by atoms with Gasteiger partial charge in [-0.25, -0.2) is 0 Å². The van der Waals surface area contributed by atoms with Crippen molar-refractivity contribution >= 4 is 0 Å². The molecule has 0 atom stereocenters. The first-order valence-corrected chi connectivity index (χ1v) is 1.75. The van der Waals surface area contributed by atoms with Gasteiger partial charge in [-0.15, -0.1) is 0 Å². The Labute approximate surface area is 43.1 Å². The number of aromatic nitrogens is 1. The molecule has 2 nitrogen and oxygen atoms in total. The summed E-state index contributed by atoms with van der Waals surface area (Å²) in [6, 6.07) is 0. The van der Waals surface area contributed by atoms with Gasteiger partial charge in [-0.05, 0) is 6.92 Å². The van der Waals surface area contributed by atoms with Crippen LogP contribution in [0, 0.1) is 6.92 Å².